The molecule has 0 spiro atoms. The van der Waals surface area contributed by atoms with Gasteiger partial charge in [0.2, 0.25) is 11.8 Å². The second kappa shape index (κ2) is 6.18. The van der Waals surface area contributed by atoms with E-state index in [1.807, 2.05) is 4.90 Å². The van der Waals surface area contributed by atoms with E-state index < -0.39 is 0 Å². The average Bonchev–Trinajstić information content (AvgIpc) is 2.94. The number of amides is 2. The number of hydrogen-bond donors (Lipinski definition) is 2. The van der Waals surface area contributed by atoms with Gasteiger partial charge in [-0.3, -0.25) is 9.59 Å². The van der Waals surface area contributed by atoms with E-state index in [1.54, 1.807) is 0 Å². The van der Waals surface area contributed by atoms with E-state index in [1.165, 1.54) is 0 Å². The van der Waals surface area contributed by atoms with Crippen molar-refractivity contribution in [1.29, 1.82) is 0 Å². The lowest BCUT2D eigenvalue weighted by Crippen LogP contribution is -2.33. The third-order valence-electron chi connectivity index (χ3n) is 3.92. The van der Waals surface area contributed by atoms with Gasteiger partial charge in [-0.15, -0.1) is 0 Å². The van der Waals surface area contributed by atoms with Crippen LogP contribution >= 0.6 is 0 Å². The third kappa shape index (κ3) is 3.45. The molecule has 2 fully saturated rings. The van der Waals surface area contributed by atoms with Gasteiger partial charge in [0, 0.05) is 38.0 Å². The number of hydrogen-bond acceptors (Lipinski definition) is 3. The highest BCUT2D eigenvalue weighted by Gasteiger charge is 2.27. The number of nitrogens with one attached hydrogen (secondary N) is 1. The Balaban J connectivity index is 1.57. The topological polar surface area (TPSA) is 75.4 Å². The first kappa shape index (κ1) is 13.3. The summed E-state index contributed by atoms with van der Waals surface area (Å²) in [6.45, 7) is 2.31. The maximum absolute atomic E-state index is 11.8. The maximum atomic E-state index is 11.8. The van der Waals surface area contributed by atoms with Crippen molar-refractivity contribution < 1.29 is 9.59 Å². The molecule has 0 aromatic heterocycles. The van der Waals surface area contributed by atoms with Crippen LogP contribution in [0.1, 0.15) is 38.5 Å². The summed E-state index contributed by atoms with van der Waals surface area (Å²) in [5, 5.41) is 2.95. The second-order valence-corrected chi connectivity index (χ2v) is 5.40. The van der Waals surface area contributed by atoms with Gasteiger partial charge >= 0.3 is 0 Å². The fourth-order valence-electron chi connectivity index (χ4n) is 2.82. The molecule has 1 aliphatic heterocycles. The SMILES string of the molecule is NC1CCC(C(=O)NCCCN2CCCC2=O)C1. The molecule has 1 heterocycles. The zero-order valence-corrected chi connectivity index (χ0v) is 10.9. The molecule has 0 aromatic rings. The number of nitrogens with zero attached hydrogens (tertiary/aromatic N) is 1. The van der Waals surface area contributed by atoms with Crippen molar-refractivity contribution in [2.75, 3.05) is 19.6 Å². The number of carbonyl (C=O) groups is 2. The van der Waals surface area contributed by atoms with Crippen molar-refractivity contribution in [3.63, 3.8) is 0 Å². The van der Waals surface area contributed by atoms with E-state index in [0.29, 0.717) is 13.0 Å². The highest BCUT2D eigenvalue weighted by Crippen LogP contribution is 2.23. The molecular weight excluding hydrogens is 230 g/mol. The average molecular weight is 253 g/mol. The van der Waals surface area contributed by atoms with Gasteiger partial charge in [-0.25, -0.2) is 0 Å². The predicted molar refractivity (Wildman–Crippen MR) is 68.8 cm³/mol. The summed E-state index contributed by atoms with van der Waals surface area (Å²) in [6, 6.07) is 0.197. The smallest absolute Gasteiger partial charge is 0.223 e. The van der Waals surface area contributed by atoms with E-state index in [0.717, 1.165) is 45.2 Å². The largest absolute Gasteiger partial charge is 0.356 e. The fraction of sp³-hybridized carbons (Fsp3) is 0.846. The summed E-state index contributed by atoms with van der Waals surface area (Å²) in [5.41, 5.74) is 5.79. The number of nitrogens with two attached hydrogens (primary N) is 1. The van der Waals surface area contributed by atoms with Gasteiger partial charge in [0.05, 0.1) is 0 Å². The molecule has 1 saturated heterocycles. The predicted octanol–water partition coefficient (Wildman–Crippen LogP) is 0.242. The van der Waals surface area contributed by atoms with E-state index in [9.17, 15) is 9.59 Å². The molecule has 1 saturated carbocycles. The van der Waals surface area contributed by atoms with Crippen molar-refractivity contribution in [2.45, 2.75) is 44.6 Å². The Morgan fingerprint density at radius 2 is 2.28 bits per heavy atom. The van der Waals surface area contributed by atoms with Crippen LogP contribution in [0, 0.1) is 5.92 Å². The Hall–Kier alpha value is -1.10. The molecular formula is C13H23N3O2. The Labute approximate surface area is 108 Å². The number of rotatable bonds is 5. The van der Waals surface area contributed by atoms with Gasteiger partial charge in [0.1, 0.15) is 0 Å². The van der Waals surface area contributed by atoms with Crippen molar-refractivity contribution in [3.05, 3.63) is 0 Å². The van der Waals surface area contributed by atoms with Crippen LogP contribution in [0.15, 0.2) is 0 Å². The lowest BCUT2D eigenvalue weighted by atomic mass is 10.1. The summed E-state index contributed by atoms with van der Waals surface area (Å²) in [7, 11) is 0. The first-order valence-electron chi connectivity index (χ1n) is 6.98. The van der Waals surface area contributed by atoms with Gasteiger partial charge in [-0.05, 0) is 32.1 Å². The summed E-state index contributed by atoms with van der Waals surface area (Å²) in [4.78, 5) is 25.1. The van der Waals surface area contributed by atoms with Crippen LogP contribution in [-0.4, -0.2) is 42.4 Å². The Kier molecular flexibility index (Phi) is 4.58. The molecule has 102 valence electrons. The van der Waals surface area contributed by atoms with E-state index >= 15 is 0 Å². The third-order valence-corrected chi connectivity index (χ3v) is 3.92. The zero-order chi connectivity index (χ0) is 13.0. The van der Waals surface area contributed by atoms with Crippen LogP contribution in [0.4, 0.5) is 0 Å². The summed E-state index contributed by atoms with van der Waals surface area (Å²) in [6.07, 6.45) is 5.20. The molecule has 0 radical (unpaired) electrons. The van der Waals surface area contributed by atoms with E-state index in [-0.39, 0.29) is 23.8 Å². The fourth-order valence-corrected chi connectivity index (χ4v) is 2.82. The molecule has 5 nitrogen and oxygen atoms in total. The molecule has 0 bridgehead atoms. The molecule has 18 heavy (non-hydrogen) atoms. The lowest BCUT2D eigenvalue weighted by molar-refractivity contribution is -0.127. The molecule has 2 amide bonds. The van der Waals surface area contributed by atoms with Crippen LogP contribution < -0.4 is 11.1 Å². The maximum Gasteiger partial charge on any atom is 0.223 e. The van der Waals surface area contributed by atoms with Gasteiger partial charge in [-0.2, -0.15) is 0 Å². The van der Waals surface area contributed by atoms with Gasteiger partial charge in [0.15, 0.2) is 0 Å². The zero-order valence-electron chi connectivity index (χ0n) is 10.9. The summed E-state index contributed by atoms with van der Waals surface area (Å²) < 4.78 is 0. The Morgan fingerprint density at radius 1 is 1.44 bits per heavy atom. The minimum absolute atomic E-state index is 0.105. The highest BCUT2D eigenvalue weighted by atomic mass is 16.2. The van der Waals surface area contributed by atoms with Gasteiger partial charge in [0.25, 0.3) is 0 Å². The first-order valence-corrected chi connectivity index (χ1v) is 6.98. The molecule has 1 aliphatic carbocycles. The van der Waals surface area contributed by atoms with E-state index in [4.69, 9.17) is 5.73 Å². The number of likely N-dealkylation sites (tertiary alicyclic amines) is 1. The van der Waals surface area contributed by atoms with Crippen LogP contribution in [0.5, 0.6) is 0 Å². The molecule has 2 aliphatic rings. The molecule has 3 N–H and O–H groups in total. The van der Waals surface area contributed by atoms with Crippen LogP contribution in [0.25, 0.3) is 0 Å². The van der Waals surface area contributed by atoms with Gasteiger partial charge < -0.3 is 16.0 Å². The monoisotopic (exact) mass is 253 g/mol. The standard InChI is InChI=1S/C13H23N3O2/c14-11-5-4-10(9-11)13(18)15-6-2-8-16-7-1-3-12(16)17/h10-11H,1-9,14H2,(H,15,18). The molecule has 2 rings (SSSR count). The number of carbonyl (C=O) groups excluding carboxylic acids is 2. The van der Waals surface area contributed by atoms with Crippen LogP contribution in [0.2, 0.25) is 0 Å². The van der Waals surface area contributed by atoms with Gasteiger partial charge in [-0.1, -0.05) is 0 Å². The van der Waals surface area contributed by atoms with Crippen molar-refractivity contribution >= 4 is 11.8 Å². The first-order chi connectivity index (χ1) is 8.66. The van der Waals surface area contributed by atoms with Crippen molar-refractivity contribution in [2.24, 2.45) is 11.7 Å². The Morgan fingerprint density at radius 3 is 2.89 bits per heavy atom. The summed E-state index contributed by atoms with van der Waals surface area (Å²) in [5.74, 6) is 0.493. The summed E-state index contributed by atoms with van der Waals surface area (Å²) >= 11 is 0. The highest BCUT2D eigenvalue weighted by molar-refractivity contribution is 5.79. The normalized spacial score (nSPS) is 27.8. The molecule has 2 unspecified atom stereocenters. The minimum Gasteiger partial charge on any atom is -0.356 e. The Bertz CT molecular complexity index is 319. The van der Waals surface area contributed by atoms with Crippen LogP contribution in [0.3, 0.4) is 0 Å². The molecule has 5 heteroatoms. The second-order valence-electron chi connectivity index (χ2n) is 5.40. The van der Waals surface area contributed by atoms with Crippen molar-refractivity contribution in [3.8, 4) is 0 Å². The lowest BCUT2D eigenvalue weighted by Gasteiger charge is -2.16. The van der Waals surface area contributed by atoms with E-state index in [2.05, 4.69) is 5.32 Å². The molecule has 2 atom stereocenters. The van der Waals surface area contributed by atoms with Crippen LogP contribution in [-0.2, 0) is 9.59 Å². The van der Waals surface area contributed by atoms with Crippen molar-refractivity contribution in [1.82, 2.24) is 10.2 Å². The molecule has 0 aromatic carbocycles. The minimum atomic E-state index is 0.105. The quantitative estimate of drug-likeness (QED) is 0.689.